The number of benzene rings is 1. The van der Waals surface area contributed by atoms with Gasteiger partial charge in [-0.25, -0.2) is 4.39 Å². The fraction of sp³-hybridized carbons (Fsp3) is 0.294. The number of amides is 1. The number of hydrogen-bond donors (Lipinski definition) is 0. The molecule has 0 spiro atoms. The maximum absolute atomic E-state index is 14.6. The molecular formula is C17H16ClFN2O3S. The molecule has 8 heteroatoms. The Morgan fingerprint density at radius 2 is 2.20 bits per heavy atom. The van der Waals surface area contributed by atoms with Crippen molar-refractivity contribution in [3.05, 3.63) is 53.1 Å². The third-order valence-corrected chi connectivity index (χ3v) is 5.42. The van der Waals surface area contributed by atoms with Gasteiger partial charge in [-0.15, -0.1) is 0 Å². The highest BCUT2D eigenvalue weighted by Gasteiger charge is 2.41. The largest absolute Gasteiger partial charge is 0.489 e. The smallest absolute Gasteiger partial charge is 0.241 e. The van der Waals surface area contributed by atoms with E-state index in [2.05, 4.69) is 4.98 Å². The van der Waals surface area contributed by atoms with Gasteiger partial charge in [-0.2, -0.15) is 0 Å². The van der Waals surface area contributed by atoms with Crippen LogP contribution in [0.1, 0.15) is 24.8 Å². The SMILES string of the molecule is CC(C)Oc1cc(N2C(=O)CS(=O)C2c2cccnc2)c(F)cc1Cl. The van der Waals surface area contributed by atoms with Crippen molar-refractivity contribution in [2.24, 2.45) is 0 Å². The number of nitrogens with zero attached hydrogens (tertiary/aromatic N) is 2. The number of ether oxygens (including phenoxy) is 1. The number of aromatic nitrogens is 1. The van der Waals surface area contributed by atoms with E-state index < -0.39 is 27.9 Å². The molecule has 1 aliphatic rings. The zero-order valence-electron chi connectivity index (χ0n) is 13.6. The van der Waals surface area contributed by atoms with E-state index in [4.69, 9.17) is 16.3 Å². The van der Waals surface area contributed by atoms with E-state index in [1.807, 2.05) is 13.8 Å². The van der Waals surface area contributed by atoms with Crippen molar-refractivity contribution in [2.45, 2.75) is 25.3 Å². The Labute approximate surface area is 152 Å². The summed E-state index contributed by atoms with van der Waals surface area (Å²) in [4.78, 5) is 17.6. The van der Waals surface area contributed by atoms with E-state index in [1.54, 1.807) is 18.3 Å². The van der Waals surface area contributed by atoms with Gasteiger partial charge in [0.1, 0.15) is 22.7 Å². The molecule has 0 aliphatic carbocycles. The van der Waals surface area contributed by atoms with Crippen molar-refractivity contribution >= 4 is 34.0 Å². The highest BCUT2D eigenvalue weighted by molar-refractivity contribution is 7.86. The van der Waals surface area contributed by atoms with Crippen LogP contribution in [0.5, 0.6) is 5.75 Å². The zero-order valence-corrected chi connectivity index (χ0v) is 15.2. The molecule has 5 nitrogen and oxygen atoms in total. The van der Waals surface area contributed by atoms with Crippen LogP contribution in [-0.2, 0) is 15.6 Å². The summed E-state index contributed by atoms with van der Waals surface area (Å²) >= 11 is 6.03. The molecular weight excluding hydrogens is 367 g/mol. The molecule has 1 aromatic carbocycles. The lowest BCUT2D eigenvalue weighted by atomic mass is 10.2. The van der Waals surface area contributed by atoms with Gasteiger partial charge in [-0.1, -0.05) is 17.7 Å². The van der Waals surface area contributed by atoms with Gasteiger partial charge in [-0.05, 0) is 26.0 Å². The first-order valence-corrected chi connectivity index (χ1v) is 9.39. The van der Waals surface area contributed by atoms with E-state index in [0.717, 1.165) is 6.07 Å². The topological polar surface area (TPSA) is 59.5 Å². The molecule has 0 bridgehead atoms. The lowest BCUT2D eigenvalue weighted by Gasteiger charge is -2.25. The average Bonchev–Trinajstić information content (AvgIpc) is 2.84. The van der Waals surface area contributed by atoms with Crippen LogP contribution in [0.25, 0.3) is 0 Å². The molecule has 1 aromatic heterocycles. The Hall–Kier alpha value is -1.99. The zero-order chi connectivity index (χ0) is 18.1. The minimum absolute atomic E-state index is 0.00949. The van der Waals surface area contributed by atoms with Crippen LogP contribution < -0.4 is 9.64 Å². The molecule has 0 radical (unpaired) electrons. The predicted octanol–water partition coefficient (Wildman–Crippen LogP) is 3.46. The van der Waals surface area contributed by atoms with E-state index in [9.17, 15) is 13.4 Å². The van der Waals surface area contributed by atoms with Crippen molar-refractivity contribution < 1.29 is 18.1 Å². The van der Waals surface area contributed by atoms with Gasteiger partial charge >= 0.3 is 0 Å². The highest BCUT2D eigenvalue weighted by atomic mass is 35.5. The van der Waals surface area contributed by atoms with Gasteiger partial charge in [-0.3, -0.25) is 18.9 Å². The number of hydrogen-bond acceptors (Lipinski definition) is 4. The Bertz CT molecular complexity index is 832. The van der Waals surface area contributed by atoms with Crippen LogP contribution in [0, 0.1) is 5.82 Å². The molecule has 1 fully saturated rings. The van der Waals surface area contributed by atoms with Crippen LogP contribution in [0.3, 0.4) is 0 Å². The molecule has 1 saturated heterocycles. The lowest BCUT2D eigenvalue weighted by molar-refractivity contribution is -0.115. The number of pyridine rings is 1. The number of carbonyl (C=O) groups is 1. The Balaban J connectivity index is 2.09. The molecule has 0 saturated carbocycles. The molecule has 1 amide bonds. The van der Waals surface area contributed by atoms with Crippen molar-refractivity contribution in [1.29, 1.82) is 0 Å². The van der Waals surface area contributed by atoms with Crippen LogP contribution in [-0.4, -0.2) is 27.0 Å². The number of rotatable bonds is 4. The third-order valence-electron chi connectivity index (χ3n) is 3.61. The minimum atomic E-state index is -1.51. The van der Waals surface area contributed by atoms with Gasteiger partial charge in [0.05, 0.1) is 27.6 Å². The van der Waals surface area contributed by atoms with E-state index in [1.165, 1.54) is 17.2 Å². The molecule has 25 heavy (non-hydrogen) atoms. The van der Waals surface area contributed by atoms with Crippen LogP contribution in [0.15, 0.2) is 36.7 Å². The standard InChI is InChI=1S/C17H16ClFN2O3S/c1-10(2)24-15-7-14(13(19)6-12(15)18)21-16(22)9-25(23)17(21)11-4-3-5-20-8-11/h3-8,10,17H,9H2,1-2H3. The first kappa shape index (κ1) is 17.8. The Morgan fingerprint density at radius 1 is 1.44 bits per heavy atom. The molecule has 2 heterocycles. The van der Waals surface area contributed by atoms with Gasteiger partial charge in [0, 0.05) is 24.0 Å². The Morgan fingerprint density at radius 3 is 2.84 bits per heavy atom. The lowest BCUT2D eigenvalue weighted by Crippen LogP contribution is -2.29. The maximum atomic E-state index is 14.6. The van der Waals surface area contributed by atoms with E-state index in [-0.39, 0.29) is 28.3 Å². The van der Waals surface area contributed by atoms with Gasteiger partial charge in [0.15, 0.2) is 0 Å². The fourth-order valence-corrected chi connectivity index (χ4v) is 4.29. The normalized spacial score (nSPS) is 20.4. The van der Waals surface area contributed by atoms with E-state index in [0.29, 0.717) is 5.56 Å². The molecule has 2 unspecified atom stereocenters. The summed E-state index contributed by atoms with van der Waals surface area (Å²) in [5, 5.41) is -0.690. The first-order valence-electron chi connectivity index (χ1n) is 7.63. The second-order valence-electron chi connectivity index (χ2n) is 5.83. The molecule has 0 N–H and O–H groups in total. The van der Waals surface area contributed by atoms with Crippen LogP contribution in [0.2, 0.25) is 5.02 Å². The van der Waals surface area contributed by atoms with Crippen molar-refractivity contribution in [2.75, 3.05) is 10.7 Å². The monoisotopic (exact) mass is 382 g/mol. The third kappa shape index (κ3) is 3.52. The summed E-state index contributed by atoms with van der Waals surface area (Å²) in [5.41, 5.74) is 0.567. The van der Waals surface area contributed by atoms with Crippen molar-refractivity contribution in [3.63, 3.8) is 0 Å². The minimum Gasteiger partial charge on any atom is -0.489 e. The number of carbonyl (C=O) groups excluding carboxylic acids is 1. The van der Waals surface area contributed by atoms with Gasteiger partial charge < -0.3 is 4.74 Å². The van der Waals surface area contributed by atoms with Crippen molar-refractivity contribution in [1.82, 2.24) is 4.98 Å². The van der Waals surface area contributed by atoms with Crippen LogP contribution >= 0.6 is 11.6 Å². The van der Waals surface area contributed by atoms with Gasteiger partial charge in [0.2, 0.25) is 5.91 Å². The molecule has 2 aromatic rings. The summed E-state index contributed by atoms with van der Waals surface area (Å²) in [5.74, 6) is -1.02. The number of anilines is 1. The molecule has 1 aliphatic heterocycles. The van der Waals surface area contributed by atoms with Crippen molar-refractivity contribution in [3.8, 4) is 5.75 Å². The number of halogens is 2. The maximum Gasteiger partial charge on any atom is 0.241 e. The second-order valence-corrected chi connectivity index (χ2v) is 7.73. The first-order chi connectivity index (χ1) is 11.9. The Kier molecular flexibility index (Phi) is 5.06. The fourth-order valence-electron chi connectivity index (χ4n) is 2.65. The summed E-state index contributed by atoms with van der Waals surface area (Å²) in [6, 6.07) is 5.87. The van der Waals surface area contributed by atoms with Gasteiger partial charge in [0.25, 0.3) is 0 Å². The second kappa shape index (κ2) is 7.09. The molecule has 132 valence electrons. The summed E-state index contributed by atoms with van der Waals surface area (Å²) in [6.07, 6.45) is 2.92. The highest BCUT2D eigenvalue weighted by Crippen LogP contribution is 2.40. The summed E-state index contributed by atoms with van der Waals surface area (Å²) < 4.78 is 32.6. The predicted molar refractivity (Wildman–Crippen MR) is 94.6 cm³/mol. The summed E-state index contributed by atoms with van der Waals surface area (Å²) in [6.45, 7) is 3.63. The average molecular weight is 383 g/mol. The van der Waals surface area contributed by atoms with Crippen LogP contribution in [0.4, 0.5) is 10.1 Å². The van der Waals surface area contributed by atoms with E-state index >= 15 is 0 Å². The molecule has 3 rings (SSSR count). The quantitative estimate of drug-likeness (QED) is 0.812. The summed E-state index contributed by atoms with van der Waals surface area (Å²) in [7, 11) is -1.51. The molecule has 2 atom stereocenters.